The van der Waals surface area contributed by atoms with Gasteiger partial charge in [-0.1, -0.05) is 48.5 Å². The minimum atomic E-state index is -1.16. The molecule has 8 heteroatoms. The molecule has 2 amide bonds. The lowest BCUT2D eigenvalue weighted by Gasteiger charge is -2.72. The molecule has 4 saturated carbocycles. The summed E-state index contributed by atoms with van der Waals surface area (Å²) in [5.74, 6) is 0.0145. The second-order valence-corrected chi connectivity index (χ2v) is 18.0. The molecule has 0 aromatic heterocycles. The molecule has 0 saturated heterocycles. The molecule has 5 aliphatic carbocycles. The number of aliphatic carboxylic acids is 1. The highest BCUT2D eigenvalue weighted by molar-refractivity contribution is 6.02. The SMILES string of the molecule is CCNC(=O)N[C@@]12CC[C@]3(C)[C@H](CC[C@@H]4[C@@]5(C)CC[C@H](OC(=O)CC(C)(C)C(=O)O)C(C)(C)[C@@H]5CC[C@]43C)C1=C(C(C)C)C(=O)C2. The van der Waals surface area contributed by atoms with Crippen LogP contribution in [0.3, 0.4) is 0 Å². The lowest BCUT2D eigenvalue weighted by molar-refractivity contribution is -0.232. The van der Waals surface area contributed by atoms with Crippen molar-refractivity contribution in [1.82, 2.24) is 10.6 Å². The predicted molar refractivity (Wildman–Crippen MR) is 178 cm³/mol. The standard InChI is InChI=1S/C38H60N2O6/c1-11-39-32(45)40-38-19-18-36(9)23(30(38)29(22(2)3)24(41)20-38)12-13-26-35(8)16-15-27(46-28(42)21-33(4,5)31(43)44)34(6,7)25(35)14-17-37(26,36)10/h22-23,25-27H,11-21H2,1-10H3,(H,43,44)(H2,39,40,45)/t23-,25+,26-,27+,35+,36-,37-,38-/m1/s1. The fourth-order valence-corrected chi connectivity index (χ4v) is 12.0. The van der Waals surface area contributed by atoms with E-state index in [1.165, 1.54) is 5.57 Å². The van der Waals surface area contributed by atoms with Crippen molar-refractivity contribution in [2.75, 3.05) is 6.54 Å². The Hall–Kier alpha value is -2.38. The first kappa shape index (κ1) is 34.9. The second-order valence-electron chi connectivity index (χ2n) is 18.0. The normalized spacial score (nSPS) is 39.9. The summed E-state index contributed by atoms with van der Waals surface area (Å²) in [5, 5.41) is 15.8. The van der Waals surface area contributed by atoms with Crippen molar-refractivity contribution in [2.24, 2.45) is 50.7 Å². The van der Waals surface area contributed by atoms with Crippen LogP contribution in [-0.2, 0) is 19.1 Å². The molecular formula is C38H60N2O6. The summed E-state index contributed by atoms with van der Waals surface area (Å²) >= 11 is 0. The Morgan fingerprint density at radius 2 is 1.61 bits per heavy atom. The zero-order chi connectivity index (χ0) is 34.3. The molecule has 0 aromatic carbocycles. The highest BCUT2D eigenvalue weighted by Crippen LogP contribution is 2.75. The van der Waals surface area contributed by atoms with Gasteiger partial charge in [0.2, 0.25) is 0 Å². The summed E-state index contributed by atoms with van der Waals surface area (Å²) in [6.07, 6.45) is 7.74. The van der Waals surface area contributed by atoms with Crippen molar-refractivity contribution < 1.29 is 29.0 Å². The van der Waals surface area contributed by atoms with Crippen LogP contribution in [-0.4, -0.2) is 47.0 Å². The summed E-state index contributed by atoms with van der Waals surface area (Å²) < 4.78 is 6.13. The molecule has 46 heavy (non-hydrogen) atoms. The van der Waals surface area contributed by atoms with E-state index in [0.29, 0.717) is 24.8 Å². The van der Waals surface area contributed by atoms with E-state index in [2.05, 4.69) is 59.1 Å². The van der Waals surface area contributed by atoms with Crippen LogP contribution in [0.4, 0.5) is 4.79 Å². The first-order chi connectivity index (χ1) is 21.2. The van der Waals surface area contributed by atoms with E-state index in [1.54, 1.807) is 13.8 Å². The van der Waals surface area contributed by atoms with Crippen LogP contribution < -0.4 is 10.6 Å². The van der Waals surface area contributed by atoms with Gasteiger partial charge in [0, 0.05) is 18.4 Å². The first-order valence-corrected chi connectivity index (χ1v) is 18.0. The Kier molecular flexibility index (Phi) is 8.63. The van der Waals surface area contributed by atoms with Crippen molar-refractivity contribution in [3.63, 3.8) is 0 Å². The number of hydrogen-bond donors (Lipinski definition) is 3. The number of esters is 1. The Morgan fingerprint density at radius 1 is 0.935 bits per heavy atom. The first-order valence-electron chi connectivity index (χ1n) is 18.0. The maximum atomic E-state index is 13.7. The van der Waals surface area contributed by atoms with Gasteiger partial charge in [-0.25, -0.2) is 4.79 Å². The van der Waals surface area contributed by atoms with E-state index < -0.39 is 22.9 Å². The molecule has 0 aromatic rings. The van der Waals surface area contributed by atoms with E-state index in [4.69, 9.17) is 4.74 Å². The van der Waals surface area contributed by atoms with E-state index in [-0.39, 0.29) is 57.8 Å². The van der Waals surface area contributed by atoms with Crippen LogP contribution in [0.5, 0.6) is 0 Å². The van der Waals surface area contributed by atoms with Gasteiger partial charge >= 0.3 is 18.0 Å². The molecule has 0 heterocycles. The Morgan fingerprint density at radius 3 is 2.22 bits per heavy atom. The number of allylic oxidation sites excluding steroid dienone is 1. The molecule has 0 aliphatic heterocycles. The topological polar surface area (TPSA) is 122 Å². The lowest BCUT2D eigenvalue weighted by Crippen LogP contribution is -2.67. The van der Waals surface area contributed by atoms with Gasteiger partial charge in [0.15, 0.2) is 5.78 Å². The minimum absolute atomic E-state index is 0.00766. The maximum absolute atomic E-state index is 13.7. The third-order valence-corrected chi connectivity index (χ3v) is 14.5. The summed E-state index contributed by atoms with van der Waals surface area (Å²) in [7, 11) is 0. The van der Waals surface area contributed by atoms with Gasteiger partial charge in [-0.05, 0) is 123 Å². The van der Waals surface area contributed by atoms with E-state index in [9.17, 15) is 24.3 Å². The van der Waals surface area contributed by atoms with Crippen LogP contribution >= 0.6 is 0 Å². The Labute approximate surface area is 276 Å². The number of urea groups is 1. The van der Waals surface area contributed by atoms with Crippen molar-refractivity contribution in [3.8, 4) is 0 Å². The monoisotopic (exact) mass is 640 g/mol. The summed E-state index contributed by atoms with van der Waals surface area (Å²) in [6.45, 7) is 21.9. The lowest BCUT2D eigenvalue weighted by atomic mass is 9.33. The largest absolute Gasteiger partial charge is 0.481 e. The molecule has 0 unspecified atom stereocenters. The zero-order valence-electron chi connectivity index (χ0n) is 30.2. The van der Waals surface area contributed by atoms with Crippen LogP contribution in [0.25, 0.3) is 0 Å². The maximum Gasteiger partial charge on any atom is 0.315 e. The average molecular weight is 641 g/mol. The van der Waals surface area contributed by atoms with Gasteiger partial charge in [0.05, 0.1) is 17.4 Å². The number of ketones is 1. The quantitative estimate of drug-likeness (QED) is 0.249. The number of nitrogens with one attached hydrogen (secondary N) is 2. The highest BCUT2D eigenvalue weighted by Gasteiger charge is 2.70. The zero-order valence-corrected chi connectivity index (χ0v) is 30.2. The number of hydrogen-bond acceptors (Lipinski definition) is 5. The summed E-state index contributed by atoms with van der Waals surface area (Å²) in [5.41, 5.74) is 0.331. The smallest absolute Gasteiger partial charge is 0.315 e. The Balaban J connectivity index is 1.45. The second kappa shape index (κ2) is 11.4. The molecule has 5 aliphatic rings. The number of fused-ring (bicyclic) bond motifs is 7. The van der Waals surface area contributed by atoms with Crippen molar-refractivity contribution in [2.45, 2.75) is 145 Å². The summed E-state index contributed by atoms with van der Waals surface area (Å²) in [6, 6.07) is -0.180. The molecule has 8 nitrogen and oxygen atoms in total. The van der Waals surface area contributed by atoms with Crippen LogP contribution in [0.2, 0.25) is 0 Å². The number of carbonyl (C=O) groups is 4. The summed E-state index contributed by atoms with van der Waals surface area (Å²) in [4.78, 5) is 51.4. The van der Waals surface area contributed by atoms with Gasteiger partial charge in [-0.3, -0.25) is 14.4 Å². The number of carboxylic acids is 1. The molecule has 4 fully saturated rings. The van der Waals surface area contributed by atoms with Crippen molar-refractivity contribution in [1.29, 1.82) is 0 Å². The fraction of sp³-hybridized carbons (Fsp3) is 0.842. The highest BCUT2D eigenvalue weighted by atomic mass is 16.5. The van der Waals surface area contributed by atoms with E-state index in [0.717, 1.165) is 56.9 Å². The predicted octanol–water partition coefficient (Wildman–Crippen LogP) is 7.45. The van der Waals surface area contributed by atoms with Crippen molar-refractivity contribution in [3.05, 3.63) is 11.1 Å². The van der Waals surface area contributed by atoms with E-state index >= 15 is 0 Å². The van der Waals surface area contributed by atoms with E-state index in [1.807, 2.05) is 6.92 Å². The number of ether oxygens (including phenoxy) is 1. The average Bonchev–Trinajstić information content (AvgIpc) is 3.22. The Bertz CT molecular complexity index is 1330. The van der Waals surface area contributed by atoms with Gasteiger partial charge in [0.25, 0.3) is 0 Å². The molecule has 3 N–H and O–H groups in total. The number of amides is 2. The van der Waals surface area contributed by atoms with Crippen LogP contribution in [0, 0.1) is 50.7 Å². The number of rotatable bonds is 7. The minimum Gasteiger partial charge on any atom is -0.481 e. The number of Topliss-reactive ketones (excluding diaryl/α,β-unsaturated/α-hetero) is 1. The van der Waals surface area contributed by atoms with Crippen molar-refractivity contribution >= 4 is 23.8 Å². The molecular weight excluding hydrogens is 580 g/mol. The molecule has 258 valence electrons. The molecule has 0 radical (unpaired) electrons. The number of carbonyl (C=O) groups excluding carboxylic acids is 3. The third-order valence-electron chi connectivity index (χ3n) is 14.5. The van der Waals surface area contributed by atoms with Gasteiger partial charge in [-0.15, -0.1) is 0 Å². The molecule has 8 atom stereocenters. The van der Waals surface area contributed by atoms with Crippen LogP contribution in [0.15, 0.2) is 11.1 Å². The van der Waals surface area contributed by atoms with Gasteiger partial charge in [-0.2, -0.15) is 0 Å². The molecule has 0 spiro atoms. The fourth-order valence-electron chi connectivity index (χ4n) is 12.0. The van der Waals surface area contributed by atoms with Crippen LogP contribution in [0.1, 0.15) is 133 Å². The van der Waals surface area contributed by atoms with Gasteiger partial charge in [0.1, 0.15) is 6.10 Å². The molecule has 0 bridgehead atoms. The third kappa shape index (κ3) is 5.05. The van der Waals surface area contributed by atoms with Gasteiger partial charge < -0.3 is 20.5 Å². The molecule has 5 rings (SSSR count). The number of carboxylic acid groups (broad SMARTS) is 1.